The van der Waals surface area contributed by atoms with Crippen LogP contribution < -0.4 is 10.1 Å². The zero-order valence-electron chi connectivity index (χ0n) is 10.3. The van der Waals surface area contributed by atoms with Gasteiger partial charge in [-0.3, -0.25) is 0 Å². The summed E-state index contributed by atoms with van der Waals surface area (Å²) in [6, 6.07) is 7.68. The Morgan fingerprint density at radius 1 is 1.41 bits per heavy atom. The SMILES string of the molecule is C#Cc1ccccc1OCC(O)CNC(C)C. The summed E-state index contributed by atoms with van der Waals surface area (Å²) in [7, 11) is 0. The highest BCUT2D eigenvalue weighted by atomic mass is 16.5. The molecule has 0 heterocycles. The summed E-state index contributed by atoms with van der Waals surface area (Å²) in [4.78, 5) is 0. The predicted octanol–water partition coefficient (Wildman–Crippen LogP) is 1.41. The van der Waals surface area contributed by atoms with Crippen molar-refractivity contribution in [2.45, 2.75) is 26.0 Å². The molecule has 0 aliphatic rings. The molecule has 1 aromatic carbocycles. The van der Waals surface area contributed by atoms with E-state index in [1.54, 1.807) is 6.07 Å². The zero-order chi connectivity index (χ0) is 12.7. The van der Waals surface area contributed by atoms with Crippen LogP contribution in [-0.2, 0) is 0 Å². The molecule has 1 aromatic rings. The van der Waals surface area contributed by atoms with Crippen LogP contribution in [0.15, 0.2) is 24.3 Å². The van der Waals surface area contributed by atoms with Gasteiger partial charge in [-0.2, -0.15) is 0 Å². The van der Waals surface area contributed by atoms with Crippen LogP contribution in [0, 0.1) is 12.3 Å². The van der Waals surface area contributed by atoms with E-state index in [1.165, 1.54) is 0 Å². The lowest BCUT2D eigenvalue weighted by Gasteiger charge is -2.15. The molecule has 0 aliphatic heterocycles. The molecule has 0 saturated heterocycles. The Kier molecular flexibility index (Phi) is 5.55. The van der Waals surface area contributed by atoms with Crippen molar-refractivity contribution in [1.29, 1.82) is 0 Å². The van der Waals surface area contributed by atoms with E-state index in [2.05, 4.69) is 11.2 Å². The Balaban J connectivity index is 2.42. The maximum absolute atomic E-state index is 9.68. The molecule has 0 saturated carbocycles. The van der Waals surface area contributed by atoms with E-state index >= 15 is 0 Å². The summed E-state index contributed by atoms with van der Waals surface area (Å²) >= 11 is 0. The number of hydrogen-bond acceptors (Lipinski definition) is 3. The fourth-order valence-electron chi connectivity index (χ4n) is 1.33. The highest BCUT2D eigenvalue weighted by Gasteiger charge is 2.07. The summed E-state index contributed by atoms with van der Waals surface area (Å²) in [6.07, 6.45) is 4.81. The first-order valence-corrected chi connectivity index (χ1v) is 5.73. The molecule has 1 atom stereocenters. The minimum absolute atomic E-state index is 0.235. The largest absolute Gasteiger partial charge is 0.490 e. The molecule has 0 amide bonds. The van der Waals surface area contributed by atoms with Crippen LogP contribution in [0.1, 0.15) is 19.4 Å². The number of hydrogen-bond donors (Lipinski definition) is 2. The van der Waals surface area contributed by atoms with Gasteiger partial charge in [0.2, 0.25) is 0 Å². The zero-order valence-corrected chi connectivity index (χ0v) is 10.3. The van der Waals surface area contributed by atoms with E-state index in [0.29, 0.717) is 23.9 Å². The maximum Gasteiger partial charge on any atom is 0.135 e. The van der Waals surface area contributed by atoms with Crippen molar-refractivity contribution in [2.24, 2.45) is 0 Å². The third-order valence-corrected chi connectivity index (χ3v) is 2.24. The van der Waals surface area contributed by atoms with Crippen molar-refractivity contribution in [1.82, 2.24) is 5.32 Å². The number of para-hydroxylation sites is 1. The van der Waals surface area contributed by atoms with Crippen LogP contribution in [0.4, 0.5) is 0 Å². The van der Waals surface area contributed by atoms with Gasteiger partial charge in [0.25, 0.3) is 0 Å². The molecule has 0 fully saturated rings. The number of aliphatic hydroxyl groups excluding tert-OH is 1. The average molecular weight is 233 g/mol. The van der Waals surface area contributed by atoms with Gasteiger partial charge in [0.15, 0.2) is 0 Å². The first kappa shape index (κ1) is 13.6. The molecule has 1 unspecified atom stereocenters. The quantitative estimate of drug-likeness (QED) is 0.730. The lowest BCUT2D eigenvalue weighted by molar-refractivity contribution is 0.104. The number of benzene rings is 1. The molecule has 92 valence electrons. The number of nitrogens with one attached hydrogen (secondary N) is 1. The van der Waals surface area contributed by atoms with Gasteiger partial charge in [0.1, 0.15) is 18.5 Å². The van der Waals surface area contributed by atoms with Gasteiger partial charge in [-0.1, -0.05) is 31.9 Å². The highest BCUT2D eigenvalue weighted by molar-refractivity contribution is 5.44. The summed E-state index contributed by atoms with van der Waals surface area (Å²) < 4.78 is 5.49. The van der Waals surface area contributed by atoms with Gasteiger partial charge in [0, 0.05) is 12.6 Å². The van der Waals surface area contributed by atoms with Crippen molar-refractivity contribution in [3.8, 4) is 18.1 Å². The first-order valence-electron chi connectivity index (χ1n) is 5.73. The van der Waals surface area contributed by atoms with E-state index < -0.39 is 6.10 Å². The second-order valence-corrected chi connectivity index (χ2v) is 4.17. The molecule has 1 rings (SSSR count). The van der Waals surface area contributed by atoms with Crippen molar-refractivity contribution in [3.63, 3.8) is 0 Å². The smallest absolute Gasteiger partial charge is 0.135 e. The topological polar surface area (TPSA) is 41.5 Å². The van der Waals surface area contributed by atoms with E-state index in [1.807, 2.05) is 32.0 Å². The van der Waals surface area contributed by atoms with E-state index in [0.717, 1.165) is 0 Å². The van der Waals surface area contributed by atoms with E-state index in [-0.39, 0.29) is 6.61 Å². The standard InChI is InChI=1S/C14H19NO2/c1-4-12-7-5-6-8-14(12)17-10-13(16)9-15-11(2)3/h1,5-8,11,13,15-16H,9-10H2,2-3H3. The fourth-order valence-corrected chi connectivity index (χ4v) is 1.33. The van der Waals surface area contributed by atoms with Gasteiger partial charge in [-0.15, -0.1) is 6.42 Å². The third-order valence-electron chi connectivity index (χ3n) is 2.24. The second-order valence-electron chi connectivity index (χ2n) is 4.17. The fraction of sp³-hybridized carbons (Fsp3) is 0.429. The third kappa shape index (κ3) is 4.90. The van der Waals surface area contributed by atoms with Gasteiger partial charge < -0.3 is 15.2 Å². The lowest BCUT2D eigenvalue weighted by Crippen LogP contribution is -2.35. The van der Waals surface area contributed by atoms with Crippen LogP contribution in [-0.4, -0.2) is 30.4 Å². The normalized spacial score (nSPS) is 12.2. The molecule has 0 bridgehead atoms. The lowest BCUT2D eigenvalue weighted by atomic mass is 10.2. The Hall–Kier alpha value is -1.50. The van der Waals surface area contributed by atoms with Gasteiger partial charge in [-0.25, -0.2) is 0 Å². The van der Waals surface area contributed by atoms with Crippen LogP contribution >= 0.6 is 0 Å². The van der Waals surface area contributed by atoms with Crippen LogP contribution in [0.25, 0.3) is 0 Å². The predicted molar refractivity (Wildman–Crippen MR) is 69.0 cm³/mol. The molecule has 0 aromatic heterocycles. The van der Waals surface area contributed by atoms with Crippen molar-refractivity contribution >= 4 is 0 Å². The molecule has 0 aliphatic carbocycles. The van der Waals surface area contributed by atoms with Crippen molar-refractivity contribution in [2.75, 3.05) is 13.2 Å². The molecule has 0 radical (unpaired) electrons. The molecular formula is C14H19NO2. The summed E-state index contributed by atoms with van der Waals surface area (Å²) in [6.45, 7) is 4.80. The van der Waals surface area contributed by atoms with Gasteiger partial charge in [0.05, 0.1) is 5.56 Å². The maximum atomic E-state index is 9.68. The summed E-state index contributed by atoms with van der Waals surface area (Å²) in [5, 5.41) is 12.8. The van der Waals surface area contributed by atoms with E-state index in [4.69, 9.17) is 11.2 Å². The van der Waals surface area contributed by atoms with Crippen LogP contribution in [0.5, 0.6) is 5.75 Å². The molecule has 0 spiro atoms. The van der Waals surface area contributed by atoms with Gasteiger partial charge >= 0.3 is 0 Å². The molecule has 17 heavy (non-hydrogen) atoms. The number of aliphatic hydroxyl groups is 1. The van der Waals surface area contributed by atoms with E-state index in [9.17, 15) is 5.11 Å². The Bertz CT molecular complexity index is 382. The van der Waals surface area contributed by atoms with Crippen LogP contribution in [0.2, 0.25) is 0 Å². The Labute approximate surface area is 103 Å². The Morgan fingerprint density at radius 3 is 2.76 bits per heavy atom. The average Bonchev–Trinajstić information content (AvgIpc) is 2.34. The van der Waals surface area contributed by atoms with Crippen molar-refractivity contribution < 1.29 is 9.84 Å². The second kappa shape index (κ2) is 6.95. The number of ether oxygens (including phenoxy) is 1. The Morgan fingerprint density at radius 2 is 2.12 bits per heavy atom. The summed E-state index contributed by atoms with van der Waals surface area (Å²) in [5.74, 6) is 3.18. The van der Waals surface area contributed by atoms with Crippen molar-refractivity contribution in [3.05, 3.63) is 29.8 Å². The first-order chi connectivity index (χ1) is 8.13. The van der Waals surface area contributed by atoms with Gasteiger partial charge in [-0.05, 0) is 12.1 Å². The monoisotopic (exact) mass is 233 g/mol. The molecule has 3 nitrogen and oxygen atoms in total. The number of terminal acetylenes is 1. The minimum Gasteiger partial charge on any atom is -0.490 e. The molecular weight excluding hydrogens is 214 g/mol. The number of rotatable bonds is 6. The van der Waals surface area contributed by atoms with Crippen LogP contribution in [0.3, 0.4) is 0 Å². The molecule has 3 heteroatoms. The summed E-state index contributed by atoms with van der Waals surface area (Å²) in [5.41, 5.74) is 0.705. The molecule has 2 N–H and O–H groups in total. The minimum atomic E-state index is -0.539. The highest BCUT2D eigenvalue weighted by Crippen LogP contribution is 2.16.